The lowest BCUT2D eigenvalue weighted by Crippen LogP contribution is -2.35. The summed E-state index contributed by atoms with van der Waals surface area (Å²) in [6.07, 6.45) is 2.17. The Morgan fingerprint density at radius 3 is 2.48 bits per heavy atom. The van der Waals surface area contributed by atoms with Crippen LogP contribution in [0.25, 0.3) is 0 Å². The van der Waals surface area contributed by atoms with Crippen LogP contribution in [0, 0.1) is 5.92 Å². The summed E-state index contributed by atoms with van der Waals surface area (Å²) in [4.78, 5) is 23.9. The van der Waals surface area contributed by atoms with E-state index in [0.29, 0.717) is 6.61 Å². The molecular weight excluding hydrogens is 322 g/mol. The largest absolute Gasteiger partial charge is 0.493 e. The van der Waals surface area contributed by atoms with Crippen molar-refractivity contribution >= 4 is 11.9 Å². The minimum Gasteiger partial charge on any atom is -0.493 e. The molecule has 0 radical (unpaired) electrons. The molecule has 136 valence electrons. The molecule has 25 heavy (non-hydrogen) atoms. The second-order valence-corrected chi connectivity index (χ2v) is 6.16. The Hall–Kier alpha value is -2.50. The Labute approximate surface area is 148 Å². The van der Waals surface area contributed by atoms with Gasteiger partial charge < -0.3 is 19.5 Å². The highest BCUT2D eigenvalue weighted by Gasteiger charge is 2.21. The van der Waals surface area contributed by atoms with Crippen molar-refractivity contribution in [1.29, 1.82) is 0 Å². The summed E-state index contributed by atoms with van der Waals surface area (Å²) in [5, 5.41) is 2.92. The third kappa shape index (κ3) is 5.52. The zero-order valence-corrected chi connectivity index (χ0v) is 14.9. The number of ether oxygens (including phenoxy) is 3. The number of esters is 1. The second-order valence-electron chi connectivity index (χ2n) is 6.16. The van der Waals surface area contributed by atoms with Crippen molar-refractivity contribution in [1.82, 2.24) is 5.32 Å². The lowest BCUT2D eigenvalue weighted by molar-refractivity contribution is -0.149. The summed E-state index contributed by atoms with van der Waals surface area (Å²) < 4.78 is 15.1. The molecule has 1 aliphatic heterocycles. The molecular formula is C19H25NO5. The maximum Gasteiger partial charge on any atom is 0.377 e. The van der Waals surface area contributed by atoms with Crippen LogP contribution in [0.3, 0.4) is 0 Å². The number of hydrogen-bond donors (Lipinski definition) is 1. The topological polar surface area (TPSA) is 73.9 Å². The van der Waals surface area contributed by atoms with Crippen molar-refractivity contribution < 1.29 is 23.8 Å². The molecule has 0 saturated carbocycles. The third-order valence-electron chi connectivity index (χ3n) is 3.91. The summed E-state index contributed by atoms with van der Waals surface area (Å²) in [5.74, 6) is -0.883. The predicted molar refractivity (Wildman–Crippen MR) is 92.5 cm³/mol. The fourth-order valence-corrected chi connectivity index (χ4v) is 2.49. The zero-order chi connectivity index (χ0) is 18.2. The van der Waals surface area contributed by atoms with E-state index in [0.717, 1.165) is 12.0 Å². The van der Waals surface area contributed by atoms with Crippen LogP contribution < -0.4 is 5.32 Å². The van der Waals surface area contributed by atoms with E-state index in [-0.39, 0.29) is 36.8 Å². The number of hydrogen-bond acceptors (Lipinski definition) is 5. The molecule has 0 unspecified atom stereocenters. The number of carbonyl (C=O) groups excluding carboxylic acids is 2. The number of aryl methyl sites for hydroxylation is 1. The van der Waals surface area contributed by atoms with Gasteiger partial charge >= 0.3 is 5.97 Å². The standard InChI is InChI=1S/C19H25NO5/c1-4-14-5-7-15(8-6-14)18(13(2)3)20-17(21)12-25-19(22)16-11-23-9-10-24-16/h5-8,11,13,18H,4,9-10,12H2,1-3H3,(H,20,21)/t18-/m0/s1. The molecule has 0 bridgehead atoms. The van der Waals surface area contributed by atoms with Crippen molar-refractivity contribution in [2.45, 2.75) is 33.2 Å². The van der Waals surface area contributed by atoms with E-state index in [1.807, 2.05) is 26.0 Å². The van der Waals surface area contributed by atoms with Crippen LogP contribution in [0.2, 0.25) is 0 Å². The Kier molecular flexibility index (Phi) is 6.86. The van der Waals surface area contributed by atoms with Crippen LogP contribution in [-0.2, 0) is 30.2 Å². The van der Waals surface area contributed by atoms with Gasteiger partial charge in [-0.2, -0.15) is 0 Å². The van der Waals surface area contributed by atoms with Crippen molar-refractivity contribution in [2.75, 3.05) is 19.8 Å². The molecule has 1 aromatic rings. The average Bonchev–Trinajstić information content (AvgIpc) is 2.64. The van der Waals surface area contributed by atoms with Gasteiger partial charge in [0.25, 0.3) is 5.91 Å². The molecule has 1 amide bonds. The van der Waals surface area contributed by atoms with Gasteiger partial charge in [-0.05, 0) is 23.5 Å². The van der Waals surface area contributed by atoms with E-state index in [9.17, 15) is 9.59 Å². The van der Waals surface area contributed by atoms with E-state index in [1.54, 1.807) is 0 Å². The summed E-state index contributed by atoms with van der Waals surface area (Å²) in [7, 11) is 0. The smallest absolute Gasteiger partial charge is 0.377 e. The van der Waals surface area contributed by atoms with Crippen LogP contribution >= 0.6 is 0 Å². The monoisotopic (exact) mass is 347 g/mol. The van der Waals surface area contributed by atoms with Gasteiger partial charge in [0, 0.05) is 0 Å². The van der Waals surface area contributed by atoms with Gasteiger partial charge in [0.1, 0.15) is 19.5 Å². The molecule has 1 aliphatic rings. The molecule has 0 aromatic heterocycles. The zero-order valence-electron chi connectivity index (χ0n) is 14.9. The van der Waals surface area contributed by atoms with E-state index >= 15 is 0 Å². The Balaban J connectivity index is 1.91. The first-order valence-electron chi connectivity index (χ1n) is 8.51. The van der Waals surface area contributed by atoms with E-state index in [2.05, 4.69) is 24.4 Å². The molecule has 1 aromatic carbocycles. The minimum atomic E-state index is -0.705. The van der Waals surface area contributed by atoms with Crippen LogP contribution in [0.1, 0.15) is 37.9 Å². The fourth-order valence-electron chi connectivity index (χ4n) is 2.49. The maximum absolute atomic E-state index is 12.2. The highest BCUT2D eigenvalue weighted by Crippen LogP contribution is 2.22. The Morgan fingerprint density at radius 2 is 1.92 bits per heavy atom. The molecule has 0 spiro atoms. The van der Waals surface area contributed by atoms with Gasteiger partial charge in [0.15, 0.2) is 6.61 Å². The molecule has 1 N–H and O–H groups in total. The van der Waals surface area contributed by atoms with Crippen molar-refractivity contribution in [3.05, 3.63) is 47.4 Å². The first-order valence-corrected chi connectivity index (χ1v) is 8.51. The number of nitrogens with one attached hydrogen (secondary N) is 1. The number of rotatable bonds is 7. The number of carbonyl (C=O) groups is 2. The summed E-state index contributed by atoms with van der Waals surface area (Å²) in [6.45, 7) is 6.48. The summed E-state index contributed by atoms with van der Waals surface area (Å²) in [5.41, 5.74) is 2.27. The van der Waals surface area contributed by atoms with Crippen molar-refractivity contribution in [2.24, 2.45) is 5.92 Å². The Morgan fingerprint density at radius 1 is 1.20 bits per heavy atom. The minimum absolute atomic E-state index is 0.0189. The Bertz CT molecular complexity index is 621. The lowest BCUT2D eigenvalue weighted by atomic mass is 9.95. The van der Waals surface area contributed by atoms with Gasteiger partial charge in [-0.1, -0.05) is 45.0 Å². The van der Waals surface area contributed by atoms with E-state index in [4.69, 9.17) is 14.2 Å². The van der Waals surface area contributed by atoms with Gasteiger partial charge in [-0.3, -0.25) is 4.79 Å². The molecule has 6 nitrogen and oxygen atoms in total. The van der Waals surface area contributed by atoms with Gasteiger partial charge in [0.05, 0.1) is 6.04 Å². The first kappa shape index (κ1) is 18.8. The fraction of sp³-hybridized carbons (Fsp3) is 0.474. The van der Waals surface area contributed by atoms with Crippen LogP contribution in [0.5, 0.6) is 0 Å². The van der Waals surface area contributed by atoms with Crippen molar-refractivity contribution in [3.63, 3.8) is 0 Å². The highest BCUT2D eigenvalue weighted by molar-refractivity contribution is 5.88. The molecule has 1 heterocycles. The number of amides is 1. The van der Waals surface area contributed by atoms with Gasteiger partial charge in [-0.15, -0.1) is 0 Å². The second kappa shape index (κ2) is 9.11. The highest BCUT2D eigenvalue weighted by atomic mass is 16.6. The molecule has 0 fully saturated rings. The number of benzene rings is 1. The maximum atomic E-state index is 12.2. The molecule has 0 aliphatic carbocycles. The lowest BCUT2D eigenvalue weighted by Gasteiger charge is -2.23. The van der Waals surface area contributed by atoms with Crippen LogP contribution in [0.4, 0.5) is 0 Å². The van der Waals surface area contributed by atoms with Crippen LogP contribution in [-0.4, -0.2) is 31.7 Å². The first-order chi connectivity index (χ1) is 12.0. The SMILES string of the molecule is CCc1ccc([C@@H](NC(=O)COC(=O)C2=COCCO2)C(C)C)cc1. The summed E-state index contributed by atoms with van der Waals surface area (Å²) >= 11 is 0. The van der Waals surface area contributed by atoms with E-state index in [1.165, 1.54) is 11.8 Å². The van der Waals surface area contributed by atoms with E-state index < -0.39 is 5.97 Å². The average molecular weight is 347 g/mol. The molecule has 0 saturated heterocycles. The predicted octanol–water partition coefficient (Wildman–Crippen LogP) is 2.49. The van der Waals surface area contributed by atoms with Crippen molar-refractivity contribution in [3.8, 4) is 0 Å². The third-order valence-corrected chi connectivity index (χ3v) is 3.91. The molecule has 1 atom stereocenters. The normalized spacial score (nSPS) is 14.8. The van der Waals surface area contributed by atoms with Gasteiger partial charge in [0.2, 0.25) is 5.76 Å². The molecule has 2 rings (SSSR count). The van der Waals surface area contributed by atoms with Crippen LogP contribution in [0.15, 0.2) is 36.3 Å². The summed E-state index contributed by atoms with van der Waals surface area (Å²) in [6, 6.07) is 8.01. The molecule has 6 heteroatoms. The quantitative estimate of drug-likeness (QED) is 0.767. The van der Waals surface area contributed by atoms with Gasteiger partial charge in [-0.25, -0.2) is 4.79 Å².